The largest absolute Gasteiger partial charge is 0.395 e. The molecule has 1 unspecified atom stereocenters. The van der Waals surface area contributed by atoms with Crippen LogP contribution in [0.4, 0.5) is 0 Å². The lowest BCUT2D eigenvalue weighted by molar-refractivity contribution is 0.0695. The van der Waals surface area contributed by atoms with Gasteiger partial charge in [-0.05, 0) is 38.1 Å². The molecule has 4 nitrogen and oxygen atoms in total. The summed E-state index contributed by atoms with van der Waals surface area (Å²) in [6.07, 6.45) is 0.463. The lowest BCUT2D eigenvalue weighted by Crippen LogP contribution is -2.32. The minimum Gasteiger partial charge on any atom is -0.395 e. The van der Waals surface area contributed by atoms with Crippen molar-refractivity contribution in [2.75, 3.05) is 19.8 Å². The number of carbonyl (C=O) groups excluding carboxylic acids is 1. The van der Waals surface area contributed by atoms with Crippen molar-refractivity contribution >= 4 is 5.91 Å². The van der Waals surface area contributed by atoms with Crippen LogP contribution < -0.4 is 5.32 Å². The molecule has 1 aromatic carbocycles. The smallest absolute Gasteiger partial charge is 0.251 e. The number of benzene rings is 1. The molecule has 0 radical (unpaired) electrons. The molecule has 0 spiro atoms. The Balaban J connectivity index is 2.51. The first-order valence-corrected chi connectivity index (χ1v) is 6.77. The Morgan fingerprint density at radius 3 is 2.70 bits per heavy atom. The van der Waals surface area contributed by atoms with Gasteiger partial charge in [-0.15, -0.1) is 0 Å². The van der Waals surface area contributed by atoms with E-state index in [0.717, 1.165) is 5.56 Å². The zero-order chi connectivity index (χ0) is 14.8. The van der Waals surface area contributed by atoms with Crippen LogP contribution in [-0.4, -0.2) is 36.9 Å². The van der Waals surface area contributed by atoms with Crippen molar-refractivity contribution in [1.29, 1.82) is 0 Å². The van der Waals surface area contributed by atoms with Crippen LogP contribution in [0.5, 0.6) is 0 Å². The molecule has 0 aliphatic rings. The van der Waals surface area contributed by atoms with E-state index >= 15 is 0 Å². The number of aliphatic hydroxyl groups is 1. The van der Waals surface area contributed by atoms with Crippen LogP contribution in [0.2, 0.25) is 0 Å². The van der Waals surface area contributed by atoms with Crippen LogP contribution in [0.15, 0.2) is 24.3 Å². The van der Waals surface area contributed by atoms with E-state index in [1.165, 1.54) is 0 Å². The minimum absolute atomic E-state index is 0.00701. The third kappa shape index (κ3) is 5.87. The molecule has 0 saturated carbocycles. The van der Waals surface area contributed by atoms with Crippen LogP contribution in [0.25, 0.3) is 0 Å². The van der Waals surface area contributed by atoms with Gasteiger partial charge in [0.05, 0.1) is 12.7 Å². The van der Waals surface area contributed by atoms with Gasteiger partial charge >= 0.3 is 0 Å². The van der Waals surface area contributed by atoms with Crippen LogP contribution in [-0.2, 0) is 4.74 Å². The summed E-state index contributed by atoms with van der Waals surface area (Å²) in [6, 6.07) is 7.07. The van der Waals surface area contributed by atoms with Crippen molar-refractivity contribution in [3.8, 4) is 11.8 Å². The summed E-state index contributed by atoms with van der Waals surface area (Å²) in [5.41, 5.74) is 1.43. The quantitative estimate of drug-likeness (QED) is 0.775. The number of hydrogen-bond donors (Lipinski definition) is 2. The van der Waals surface area contributed by atoms with E-state index < -0.39 is 0 Å². The summed E-state index contributed by atoms with van der Waals surface area (Å²) in [5.74, 6) is 5.63. The normalized spacial score (nSPS) is 11.3. The first-order valence-electron chi connectivity index (χ1n) is 6.77. The van der Waals surface area contributed by atoms with Gasteiger partial charge in [-0.2, -0.15) is 0 Å². The average molecular weight is 275 g/mol. The van der Waals surface area contributed by atoms with Crippen molar-refractivity contribution in [2.45, 2.75) is 26.4 Å². The summed E-state index contributed by atoms with van der Waals surface area (Å²) in [7, 11) is 0. The molecule has 1 aromatic rings. The van der Waals surface area contributed by atoms with Gasteiger partial charge in [0.1, 0.15) is 0 Å². The molecule has 0 fully saturated rings. The lowest BCUT2D eigenvalue weighted by atomic mass is 10.1. The van der Waals surface area contributed by atoms with E-state index in [0.29, 0.717) is 25.1 Å². The molecular weight excluding hydrogens is 254 g/mol. The molecule has 0 saturated heterocycles. The standard InChI is InChI=1S/C16H21NO3/c1-3-20-13(2)12-17-16(19)15-9-7-14(8-10-15)6-4-5-11-18/h7-10,13,18H,3,5,11-12H2,1-2H3,(H,17,19). The predicted octanol–water partition coefficient (Wildman–Crippen LogP) is 1.58. The molecule has 20 heavy (non-hydrogen) atoms. The molecule has 4 heteroatoms. The lowest BCUT2D eigenvalue weighted by Gasteiger charge is -2.12. The summed E-state index contributed by atoms with van der Waals surface area (Å²) in [6.45, 7) is 5.03. The van der Waals surface area contributed by atoms with E-state index in [1.54, 1.807) is 24.3 Å². The van der Waals surface area contributed by atoms with Crippen molar-refractivity contribution in [3.63, 3.8) is 0 Å². The predicted molar refractivity (Wildman–Crippen MR) is 78.4 cm³/mol. The topological polar surface area (TPSA) is 58.6 Å². The Morgan fingerprint density at radius 1 is 1.40 bits per heavy atom. The molecule has 1 atom stereocenters. The number of amides is 1. The summed E-state index contributed by atoms with van der Waals surface area (Å²) in [4.78, 5) is 11.9. The molecule has 0 aromatic heterocycles. The second-order valence-electron chi connectivity index (χ2n) is 4.33. The second kappa shape index (κ2) is 9.13. The van der Waals surface area contributed by atoms with Crippen LogP contribution in [0, 0.1) is 11.8 Å². The number of ether oxygens (including phenoxy) is 1. The molecule has 0 bridgehead atoms. The van der Waals surface area contributed by atoms with E-state index in [1.807, 2.05) is 13.8 Å². The second-order valence-corrected chi connectivity index (χ2v) is 4.33. The molecule has 1 amide bonds. The van der Waals surface area contributed by atoms with E-state index in [4.69, 9.17) is 9.84 Å². The van der Waals surface area contributed by atoms with E-state index in [-0.39, 0.29) is 18.6 Å². The van der Waals surface area contributed by atoms with Crippen molar-refractivity contribution in [3.05, 3.63) is 35.4 Å². The summed E-state index contributed by atoms with van der Waals surface area (Å²) < 4.78 is 5.35. The first kappa shape index (κ1) is 16.2. The molecule has 2 N–H and O–H groups in total. The van der Waals surface area contributed by atoms with Crippen molar-refractivity contribution < 1.29 is 14.6 Å². The minimum atomic E-state index is -0.119. The Morgan fingerprint density at radius 2 is 2.10 bits per heavy atom. The maximum Gasteiger partial charge on any atom is 0.251 e. The number of carbonyl (C=O) groups is 1. The Hall–Kier alpha value is -1.83. The highest BCUT2D eigenvalue weighted by Gasteiger charge is 2.07. The number of aliphatic hydroxyl groups excluding tert-OH is 1. The fraction of sp³-hybridized carbons (Fsp3) is 0.438. The van der Waals surface area contributed by atoms with Crippen LogP contribution in [0.3, 0.4) is 0 Å². The monoisotopic (exact) mass is 275 g/mol. The van der Waals surface area contributed by atoms with E-state index in [2.05, 4.69) is 17.2 Å². The summed E-state index contributed by atoms with van der Waals surface area (Å²) >= 11 is 0. The highest BCUT2D eigenvalue weighted by molar-refractivity contribution is 5.94. The Labute approximate surface area is 120 Å². The van der Waals surface area contributed by atoms with Gasteiger partial charge in [0, 0.05) is 30.7 Å². The van der Waals surface area contributed by atoms with Gasteiger partial charge in [0.25, 0.3) is 5.91 Å². The number of rotatable bonds is 6. The maximum atomic E-state index is 11.9. The fourth-order valence-corrected chi connectivity index (χ4v) is 1.61. The van der Waals surface area contributed by atoms with Gasteiger partial charge in [-0.1, -0.05) is 11.8 Å². The van der Waals surface area contributed by atoms with Gasteiger partial charge < -0.3 is 15.2 Å². The SMILES string of the molecule is CCOC(C)CNC(=O)c1ccc(C#CCCO)cc1. The first-order chi connectivity index (χ1) is 9.67. The molecule has 0 aliphatic heterocycles. The molecular formula is C16H21NO3. The van der Waals surface area contributed by atoms with Gasteiger partial charge in [-0.25, -0.2) is 0 Å². The van der Waals surface area contributed by atoms with Gasteiger partial charge in [0.15, 0.2) is 0 Å². The zero-order valence-corrected chi connectivity index (χ0v) is 12.0. The third-order valence-electron chi connectivity index (χ3n) is 2.62. The Bertz CT molecular complexity index is 471. The van der Waals surface area contributed by atoms with Crippen LogP contribution in [0.1, 0.15) is 36.2 Å². The third-order valence-corrected chi connectivity index (χ3v) is 2.62. The highest BCUT2D eigenvalue weighted by atomic mass is 16.5. The van der Waals surface area contributed by atoms with Gasteiger partial charge in [-0.3, -0.25) is 4.79 Å². The Kier molecular flexibility index (Phi) is 7.41. The van der Waals surface area contributed by atoms with Gasteiger partial charge in [0.2, 0.25) is 0 Å². The molecule has 0 heterocycles. The molecule has 0 aliphatic carbocycles. The fourth-order valence-electron chi connectivity index (χ4n) is 1.61. The zero-order valence-electron chi connectivity index (χ0n) is 12.0. The van der Waals surface area contributed by atoms with E-state index in [9.17, 15) is 4.79 Å². The van der Waals surface area contributed by atoms with Crippen LogP contribution >= 0.6 is 0 Å². The average Bonchev–Trinajstić information content (AvgIpc) is 2.46. The number of hydrogen-bond acceptors (Lipinski definition) is 3. The van der Waals surface area contributed by atoms with Crippen molar-refractivity contribution in [2.24, 2.45) is 0 Å². The maximum absolute atomic E-state index is 11.9. The molecule has 1 rings (SSSR count). The van der Waals surface area contributed by atoms with Crippen molar-refractivity contribution in [1.82, 2.24) is 5.32 Å². The number of nitrogens with one attached hydrogen (secondary N) is 1. The summed E-state index contributed by atoms with van der Waals surface area (Å²) in [5, 5.41) is 11.5. The molecule has 108 valence electrons. The highest BCUT2D eigenvalue weighted by Crippen LogP contribution is 2.03.